The highest BCUT2D eigenvalue weighted by Gasteiger charge is 2.45. The molecule has 3 heteroatoms. The fraction of sp³-hybridized carbons (Fsp3) is 0.667. The fourth-order valence-corrected chi connectivity index (χ4v) is 3.84. The quantitative estimate of drug-likeness (QED) is 0.912. The predicted molar refractivity (Wildman–Crippen MR) is 84.8 cm³/mol. The predicted octanol–water partition coefficient (Wildman–Crippen LogP) is 3.98. The smallest absolute Gasteiger partial charge is 0.128 e. The Bertz CT molecular complexity index is 483. The molecule has 21 heavy (non-hydrogen) atoms. The molecule has 1 aromatic rings. The third-order valence-corrected chi connectivity index (χ3v) is 4.92. The molecule has 1 aliphatic carbocycles. The first-order valence-electron chi connectivity index (χ1n) is 7.87. The molecule has 0 aliphatic heterocycles. The van der Waals surface area contributed by atoms with Crippen molar-refractivity contribution in [3.8, 4) is 11.5 Å². The van der Waals surface area contributed by atoms with Gasteiger partial charge in [0.15, 0.2) is 0 Å². The molecule has 3 unspecified atom stereocenters. The standard InChI is InChI=1S/C18H28O3/c1-12(2)15-8-6-13(3)11-18(15,19)16-9-7-14(20-4)10-17(16)21-5/h7,9-10,12-13,15,19H,6,8,11H2,1-5H3. The Balaban J connectivity index is 2.48. The molecule has 0 bridgehead atoms. The van der Waals surface area contributed by atoms with Crippen molar-refractivity contribution in [2.24, 2.45) is 17.8 Å². The summed E-state index contributed by atoms with van der Waals surface area (Å²) < 4.78 is 10.8. The van der Waals surface area contributed by atoms with Crippen LogP contribution in [0.1, 0.15) is 45.6 Å². The van der Waals surface area contributed by atoms with Gasteiger partial charge in [-0.1, -0.05) is 27.2 Å². The molecule has 0 aromatic heterocycles. The van der Waals surface area contributed by atoms with Gasteiger partial charge in [0.05, 0.1) is 19.8 Å². The number of hydrogen-bond donors (Lipinski definition) is 1. The number of aliphatic hydroxyl groups is 1. The lowest BCUT2D eigenvalue weighted by atomic mass is 9.64. The highest BCUT2D eigenvalue weighted by Crippen LogP contribution is 2.50. The zero-order valence-corrected chi connectivity index (χ0v) is 13.8. The van der Waals surface area contributed by atoms with Crippen LogP contribution in [-0.4, -0.2) is 19.3 Å². The topological polar surface area (TPSA) is 38.7 Å². The molecule has 2 rings (SSSR count). The molecule has 1 saturated carbocycles. The average Bonchev–Trinajstić information content (AvgIpc) is 2.45. The largest absolute Gasteiger partial charge is 0.497 e. The lowest BCUT2D eigenvalue weighted by Gasteiger charge is -2.45. The van der Waals surface area contributed by atoms with Crippen molar-refractivity contribution >= 4 is 0 Å². The van der Waals surface area contributed by atoms with Crippen LogP contribution in [0.3, 0.4) is 0 Å². The van der Waals surface area contributed by atoms with Gasteiger partial charge in [0.2, 0.25) is 0 Å². The van der Waals surface area contributed by atoms with Crippen LogP contribution in [0.4, 0.5) is 0 Å². The van der Waals surface area contributed by atoms with Crippen LogP contribution in [-0.2, 0) is 5.60 Å². The van der Waals surface area contributed by atoms with Crippen molar-refractivity contribution in [2.45, 2.75) is 45.6 Å². The normalized spacial score (nSPS) is 29.5. The van der Waals surface area contributed by atoms with E-state index in [9.17, 15) is 5.11 Å². The van der Waals surface area contributed by atoms with E-state index >= 15 is 0 Å². The lowest BCUT2D eigenvalue weighted by Crippen LogP contribution is -2.43. The number of hydrogen-bond acceptors (Lipinski definition) is 3. The summed E-state index contributed by atoms with van der Waals surface area (Å²) in [5, 5.41) is 11.5. The number of rotatable bonds is 4. The van der Waals surface area contributed by atoms with Gasteiger partial charge in [0.25, 0.3) is 0 Å². The summed E-state index contributed by atoms with van der Waals surface area (Å²) >= 11 is 0. The van der Waals surface area contributed by atoms with Crippen LogP contribution >= 0.6 is 0 Å². The van der Waals surface area contributed by atoms with Crippen molar-refractivity contribution < 1.29 is 14.6 Å². The summed E-state index contributed by atoms with van der Waals surface area (Å²) in [4.78, 5) is 0. The summed E-state index contributed by atoms with van der Waals surface area (Å²) in [6.45, 7) is 6.61. The molecular formula is C18H28O3. The van der Waals surface area contributed by atoms with E-state index in [-0.39, 0.29) is 5.92 Å². The van der Waals surface area contributed by atoms with Gasteiger partial charge in [0.1, 0.15) is 11.5 Å². The monoisotopic (exact) mass is 292 g/mol. The number of ether oxygens (including phenoxy) is 2. The summed E-state index contributed by atoms with van der Waals surface area (Å²) in [7, 11) is 3.29. The van der Waals surface area contributed by atoms with Gasteiger partial charge in [0, 0.05) is 11.6 Å². The van der Waals surface area contributed by atoms with E-state index in [1.165, 1.54) is 6.42 Å². The first-order valence-corrected chi connectivity index (χ1v) is 7.87. The second-order valence-corrected chi connectivity index (χ2v) is 6.73. The summed E-state index contributed by atoms with van der Waals surface area (Å²) in [6.07, 6.45) is 3.03. The highest BCUT2D eigenvalue weighted by molar-refractivity contribution is 5.44. The SMILES string of the molecule is COc1ccc(C2(O)CC(C)CCC2C(C)C)c(OC)c1. The maximum atomic E-state index is 11.5. The van der Waals surface area contributed by atoms with E-state index in [2.05, 4.69) is 20.8 Å². The Kier molecular flexibility index (Phi) is 4.82. The van der Waals surface area contributed by atoms with Gasteiger partial charge in [-0.2, -0.15) is 0 Å². The Hall–Kier alpha value is -1.22. The van der Waals surface area contributed by atoms with E-state index in [4.69, 9.17) is 9.47 Å². The van der Waals surface area contributed by atoms with Crippen molar-refractivity contribution in [1.82, 2.24) is 0 Å². The van der Waals surface area contributed by atoms with Gasteiger partial charge < -0.3 is 14.6 Å². The minimum Gasteiger partial charge on any atom is -0.497 e. The zero-order valence-electron chi connectivity index (χ0n) is 13.8. The lowest BCUT2D eigenvalue weighted by molar-refractivity contribution is -0.0877. The third-order valence-electron chi connectivity index (χ3n) is 4.92. The number of methoxy groups -OCH3 is 2. The van der Waals surface area contributed by atoms with E-state index < -0.39 is 5.60 Å². The molecular weight excluding hydrogens is 264 g/mol. The van der Waals surface area contributed by atoms with Crippen LogP contribution in [0.5, 0.6) is 11.5 Å². The van der Waals surface area contributed by atoms with E-state index in [0.717, 1.165) is 29.9 Å². The van der Waals surface area contributed by atoms with Crippen molar-refractivity contribution in [1.29, 1.82) is 0 Å². The van der Waals surface area contributed by atoms with Crippen molar-refractivity contribution in [3.05, 3.63) is 23.8 Å². The molecule has 3 nitrogen and oxygen atoms in total. The second-order valence-electron chi connectivity index (χ2n) is 6.73. The Labute approximate surface area is 128 Å². The van der Waals surface area contributed by atoms with Crippen LogP contribution in [0, 0.1) is 17.8 Å². The molecule has 0 amide bonds. The van der Waals surface area contributed by atoms with E-state index in [1.54, 1.807) is 14.2 Å². The highest BCUT2D eigenvalue weighted by atomic mass is 16.5. The first-order chi connectivity index (χ1) is 9.92. The van der Waals surface area contributed by atoms with E-state index in [0.29, 0.717) is 11.8 Å². The molecule has 0 saturated heterocycles. The van der Waals surface area contributed by atoms with Gasteiger partial charge in [-0.3, -0.25) is 0 Å². The molecule has 1 aliphatic rings. The molecule has 1 fully saturated rings. The fourth-order valence-electron chi connectivity index (χ4n) is 3.84. The van der Waals surface area contributed by atoms with Crippen LogP contribution in [0.15, 0.2) is 18.2 Å². The second kappa shape index (κ2) is 6.27. The summed E-state index contributed by atoms with van der Waals surface area (Å²) in [5.41, 5.74) is 0.0831. The Morgan fingerprint density at radius 1 is 1.19 bits per heavy atom. The molecule has 0 heterocycles. The maximum absolute atomic E-state index is 11.5. The summed E-state index contributed by atoms with van der Waals surface area (Å²) in [5.74, 6) is 2.70. The molecule has 0 radical (unpaired) electrons. The summed E-state index contributed by atoms with van der Waals surface area (Å²) in [6, 6.07) is 5.74. The van der Waals surface area contributed by atoms with Crippen LogP contribution < -0.4 is 9.47 Å². The van der Waals surface area contributed by atoms with Crippen molar-refractivity contribution in [2.75, 3.05) is 14.2 Å². The van der Waals surface area contributed by atoms with Crippen LogP contribution in [0.25, 0.3) is 0 Å². The van der Waals surface area contributed by atoms with Crippen molar-refractivity contribution in [3.63, 3.8) is 0 Å². The minimum atomic E-state index is -0.816. The van der Waals surface area contributed by atoms with Gasteiger partial charge in [-0.25, -0.2) is 0 Å². The van der Waals surface area contributed by atoms with E-state index in [1.807, 2.05) is 18.2 Å². The molecule has 3 atom stereocenters. The Morgan fingerprint density at radius 2 is 1.90 bits per heavy atom. The minimum absolute atomic E-state index is 0.260. The molecule has 1 N–H and O–H groups in total. The molecule has 0 spiro atoms. The van der Waals surface area contributed by atoms with Gasteiger partial charge >= 0.3 is 0 Å². The zero-order chi connectivity index (χ0) is 15.6. The molecule has 1 aromatic carbocycles. The first kappa shape index (κ1) is 16.2. The molecule has 118 valence electrons. The average molecular weight is 292 g/mol. The third kappa shape index (κ3) is 3.03. The maximum Gasteiger partial charge on any atom is 0.128 e. The van der Waals surface area contributed by atoms with Gasteiger partial charge in [-0.15, -0.1) is 0 Å². The van der Waals surface area contributed by atoms with Gasteiger partial charge in [-0.05, 0) is 42.7 Å². The Morgan fingerprint density at radius 3 is 2.48 bits per heavy atom. The number of benzene rings is 1. The van der Waals surface area contributed by atoms with Crippen LogP contribution in [0.2, 0.25) is 0 Å².